The second-order valence-corrected chi connectivity index (χ2v) is 5.10. The fourth-order valence-electron chi connectivity index (χ4n) is 2.58. The average molecular weight is 246 g/mol. The monoisotopic (exact) mass is 246 g/mol. The third-order valence-electron chi connectivity index (χ3n) is 3.75. The number of nitrogens with one attached hydrogen (secondary N) is 2. The molecule has 0 aliphatic carbocycles. The summed E-state index contributed by atoms with van der Waals surface area (Å²) in [6.45, 7) is 6.79. The van der Waals surface area contributed by atoms with Gasteiger partial charge in [-0.1, -0.05) is 18.2 Å². The highest BCUT2D eigenvalue weighted by molar-refractivity contribution is 5.79. The summed E-state index contributed by atoms with van der Waals surface area (Å²) in [6, 6.07) is 6.34. The first kappa shape index (κ1) is 13.1. The van der Waals surface area contributed by atoms with Gasteiger partial charge in [-0.2, -0.15) is 0 Å². The van der Waals surface area contributed by atoms with E-state index in [1.165, 1.54) is 16.7 Å². The van der Waals surface area contributed by atoms with Crippen LogP contribution in [0.4, 0.5) is 0 Å². The molecule has 1 amide bonds. The third kappa shape index (κ3) is 3.10. The molecule has 1 fully saturated rings. The normalized spacial score (nSPS) is 18.9. The zero-order valence-corrected chi connectivity index (χ0v) is 11.3. The second-order valence-electron chi connectivity index (χ2n) is 5.10. The van der Waals surface area contributed by atoms with E-state index in [-0.39, 0.29) is 11.8 Å². The minimum absolute atomic E-state index is 0.169. The highest BCUT2D eigenvalue weighted by atomic mass is 16.1. The summed E-state index contributed by atoms with van der Waals surface area (Å²) in [5, 5.41) is 6.27. The van der Waals surface area contributed by atoms with Gasteiger partial charge in [-0.15, -0.1) is 0 Å². The molecule has 0 saturated carbocycles. The van der Waals surface area contributed by atoms with E-state index in [0.717, 1.165) is 32.5 Å². The fraction of sp³-hybridized carbons (Fsp3) is 0.533. The van der Waals surface area contributed by atoms with Crippen molar-refractivity contribution in [2.45, 2.75) is 26.7 Å². The highest BCUT2D eigenvalue weighted by Crippen LogP contribution is 2.13. The molecule has 3 nitrogen and oxygen atoms in total. The van der Waals surface area contributed by atoms with Gasteiger partial charge in [-0.25, -0.2) is 0 Å². The Morgan fingerprint density at radius 1 is 1.39 bits per heavy atom. The van der Waals surface area contributed by atoms with Gasteiger partial charge >= 0.3 is 0 Å². The van der Waals surface area contributed by atoms with E-state index in [1.807, 2.05) is 0 Å². The Hall–Kier alpha value is -1.35. The molecular formula is C15H22N2O. The Kier molecular flexibility index (Phi) is 4.37. The van der Waals surface area contributed by atoms with Crippen LogP contribution in [-0.4, -0.2) is 25.5 Å². The van der Waals surface area contributed by atoms with Gasteiger partial charge in [0.05, 0.1) is 5.92 Å². The SMILES string of the molecule is Cc1cccc(C)c1CCNC(=O)C1CCNC1. The smallest absolute Gasteiger partial charge is 0.224 e. The van der Waals surface area contributed by atoms with Crippen molar-refractivity contribution in [1.82, 2.24) is 10.6 Å². The van der Waals surface area contributed by atoms with Gasteiger partial charge in [0, 0.05) is 13.1 Å². The number of rotatable bonds is 4. The van der Waals surface area contributed by atoms with Crippen LogP contribution >= 0.6 is 0 Å². The summed E-state index contributed by atoms with van der Waals surface area (Å²) in [5.74, 6) is 0.370. The third-order valence-corrected chi connectivity index (χ3v) is 3.75. The number of carbonyl (C=O) groups is 1. The van der Waals surface area contributed by atoms with Crippen LogP contribution in [0.1, 0.15) is 23.1 Å². The lowest BCUT2D eigenvalue weighted by molar-refractivity contribution is -0.124. The van der Waals surface area contributed by atoms with Gasteiger partial charge in [0.25, 0.3) is 0 Å². The van der Waals surface area contributed by atoms with Gasteiger partial charge in [0.15, 0.2) is 0 Å². The van der Waals surface area contributed by atoms with Crippen LogP contribution in [0.3, 0.4) is 0 Å². The van der Waals surface area contributed by atoms with E-state index in [2.05, 4.69) is 42.7 Å². The van der Waals surface area contributed by atoms with E-state index in [0.29, 0.717) is 0 Å². The van der Waals surface area contributed by atoms with Crippen molar-refractivity contribution < 1.29 is 4.79 Å². The lowest BCUT2D eigenvalue weighted by Gasteiger charge is -2.12. The highest BCUT2D eigenvalue weighted by Gasteiger charge is 2.21. The quantitative estimate of drug-likeness (QED) is 0.846. The zero-order chi connectivity index (χ0) is 13.0. The van der Waals surface area contributed by atoms with Crippen molar-refractivity contribution in [3.05, 3.63) is 34.9 Å². The van der Waals surface area contributed by atoms with Gasteiger partial charge in [-0.3, -0.25) is 4.79 Å². The van der Waals surface area contributed by atoms with Crippen LogP contribution in [0.15, 0.2) is 18.2 Å². The molecule has 98 valence electrons. The minimum Gasteiger partial charge on any atom is -0.355 e. The standard InChI is InChI=1S/C15H22N2O/c1-11-4-3-5-12(2)14(11)7-9-17-15(18)13-6-8-16-10-13/h3-5,13,16H,6-10H2,1-2H3,(H,17,18). The maximum absolute atomic E-state index is 11.9. The number of aryl methyl sites for hydroxylation is 2. The first-order valence-corrected chi connectivity index (χ1v) is 6.72. The average Bonchev–Trinajstić information content (AvgIpc) is 2.86. The molecule has 1 aromatic carbocycles. The van der Waals surface area contributed by atoms with Crippen molar-refractivity contribution in [1.29, 1.82) is 0 Å². The lowest BCUT2D eigenvalue weighted by Crippen LogP contribution is -2.33. The Bertz CT molecular complexity index is 402. The molecule has 0 spiro atoms. The molecule has 1 aromatic rings. The van der Waals surface area contributed by atoms with Gasteiger partial charge in [0.1, 0.15) is 0 Å². The van der Waals surface area contributed by atoms with Crippen LogP contribution in [0.25, 0.3) is 0 Å². The van der Waals surface area contributed by atoms with E-state index >= 15 is 0 Å². The van der Waals surface area contributed by atoms with Gasteiger partial charge in [0.2, 0.25) is 5.91 Å². The summed E-state index contributed by atoms with van der Waals surface area (Å²) in [5.41, 5.74) is 3.99. The molecule has 3 heteroatoms. The maximum Gasteiger partial charge on any atom is 0.224 e. The summed E-state index contributed by atoms with van der Waals surface area (Å²) in [6.07, 6.45) is 1.89. The molecule has 0 aromatic heterocycles. The van der Waals surface area contributed by atoms with Crippen molar-refractivity contribution >= 4 is 5.91 Å². The molecule has 1 aliphatic heterocycles. The molecule has 1 unspecified atom stereocenters. The summed E-state index contributed by atoms with van der Waals surface area (Å²) in [4.78, 5) is 11.9. The van der Waals surface area contributed by atoms with E-state index in [1.54, 1.807) is 0 Å². The Labute approximate surface area is 109 Å². The molecule has 1 aliphatic rings. The number of carbonyl (C=O) groups excluding carboxylic acids is 1. The molecule has 1 atom stereocenters. The van der Waals surface area contributed by atoms with E-state index in [4.69, 9.17) is 0 Å². The van der Waals surface area contributed by atoms with Crippen LogP contribution in [0.5, 0.6) is 0 Å². The predicted molar refractivity (Wildman–Crippen MR) is 73.6 cm³/mol. The Morgan fingerprint density at radius 3 is 2.72 bits per heavy atom. The van der Waals surface area contributed by atoms with Crippen LogP contribution in [0, 0.1) is 19.8 Å². The molecule has 1 heterocycles. The largest absolute Gasteiger partial charge is 0.355 e. The zero-order valence-electron chi connectivity index (χ0n) is 11.3. The van der Waals surface area contributed by atoms with Crippen LogP contribution in [0.2, 0.25) is 0 Å². The minimum atomic E-state index is 0.169. The van der Waals surface area contributed by atoms with Gasteiger partial charge < -0.3 is 10.6 Å². The summed E-state index contributed by atoms with van der Waals surface area (Å²) >= 11 is 0. The van der Waals surface area contributed by atoms with Crippen LogP contribution in [-0.2, 0) is 11.2 Å². The first-order valence-electron chi connectivity index (χ1n) is 6.72. The summed E-state index contributed by atoms with van der Waals surface area (Å²) in [7, 11) is 0. The number of amides is 1. The number of hydrogen-bond donors (Lipinski definition) is 2. The Balaban J connectivity index is 1.83. The number of hydrogen-bond acceptors (Lipinski definition) is 2. The maximum atomic E-state index is 11.9. The lowest BCUT2D eigenvalue weighted by atomic mass is 10.00. The van der Waals surface area contributed by atoms with Gasteiger partial charge in [-0.05, 0) is 49.9 Å². The molecule has 0 radical (unpaired) electrons. The molecule has 0 bridgehead atoms. The number of benzene rings is 1. The van der Waals surface area contributed by atoms with Crippen molar-refractivity contribution in [2.75, 3.05) is 19.6 Å². The van der Waals surface area contributed by atoms with E-state index < -0.39 is 0 Å². The second kappa shape index (κ2) is 6.01. The topological polar surface area (TPSA) is 41.1 Å². The van der Waals surface area contributed by atoms with Crippen molar-refractivity contribution in [2.24, 2.45) is 5.92 Å². The van der Waals surface area contributed by atoms with Crippen LogP contribution < -0.4 is 10.6 Å². The fourth-order valence-corrected chi connectivity index (χ4v) is 2.58. The molecule has 2 N–H and O–H groups in total. The predicted octanol–water partition coefficient (Wildman–Crippen LogP) is 1.57. The van der Waals surface area contributed by atoms with Crippen molar-refractivity contribution in [3.63, 3.8) is 0 Å². The van der Waals surface area contributed by atoms with E-state index in [9.17, 15) is 4.79 Å². The molecular weight excluding hydrogens is 224 g/mol. The molecule has 1 saturated heterocycles. The Morgan fingerprint density at radius 2 is 2.11 bits per heavy atom. The first-order chi connectivity index (χ1) is 8.68. The van der Waals surface area contributed by atoms with Crippen molar-refractivity contribution in [3.8, 4) is 0 Å². The summed E-state index contributed by atoms with van der Waals surface area (Å²) < 4.78 is 0. The molecule has 2 rings (SSSR count). The molecule has 18 heavy (non-hydrogen) atoms.